The van der Waals surface area contributed by atoms with Crippen molar-refractivity contribution < 1.29 is 28.7 Å². The Kier molecular flexibility index (Phi) is 7.25. The van der Waals surface area contributed by atoms with E-state index in [1.165, 1.54) is 0 Å². The van der Waals surface area contributed by atoms with Crippen molar-refractivity contribution in [2.45, 2.75) is 26.7 Å². The fourth-order valence-electron chi connectivity index (χ4n) is 2.49. The molecule has 1 saturated heterocycles. The number of ether oxygens (including phenoxy) is 1. The van der Waals surface area contributed by atoms with Gasteiger partial charge in [0, 0.05) is 19.4 Å². The van der Waals surface area contributed by atoms with Gasteiger partial charge in [0.1, 0.15) is 6.54 Å². The highest BCUT2D eigenvalue weighted by Gasteiger charge is 2.31. The summed E-state index contributed by atoms with van der Waals surface area (Å²) in [6.07, 6.45) is 0.143. The molecule has 2 rings (SSSR count). The maximum atomic E-state index is 12.3. The average molecular weight is 389 g/mol. The maximum Gasteiger partial charge on any atom is 0.326 e. The van der Waals surface area contributed by atoms with Crippen molar-refractivity contribution in [3.05, 3.63) is 29.8 Å². The molecular weight excluding hydrogens is 366 g/mol. The normalized spacial score (nSPS) is 13.6. The summed E-state index contributed by atoms with van der Waals surface area (Å²) in [4.78, 5) is 59.8. The van der Waals surface area contributed by atoms with Gasteiger partial charge in [-0.25, -0.2) is 0 Å². The molecule has 1 aromatic rings. The minimum atomic E-state index is -0.860. The van der Waals surface area contributed by atoms with E-state index < -0.39 is 36.8 Å². The first-order chi connectivity index (χ1) is 13.3. The summed E-state index contributed by atoms with van der Waals surface area (Å²) in [6, 6.07) is 6.46. The van der Waals surface area contributed by atoms with Crippen molar-refractivity contribution in [3.63, 3.8) is 0 Å². The third-order valence-corrected chi connectivity index (χ3v) is 3.92. The zero-order valence-electron chi connectivity index (χ0n) is 15.8. The Morgan fingerprint density at radius 2 is 1.75 bits per heavy atom. The molecule has 2 N–H and O–H groups in total. The summed E-state index contributed by atoms with van der Waals surface area (Å²) < 4.78 is 4.82. The van der Waals surface area contributed by atoms with E-state index in [9.17, 15) is 24.0 Å². The van der Waals surface area contributed by atoms with E-state index in [1.807, 2.05) is 13.8 Å². The third-order valence-electron chi connectivity index (χ3n) is 3.92. The van der Waals surface area contributed by atoms with E-state index in [0.717, 1.165) is 4.90 Å². The fraction of sp³-hybridized carbons (Fsp3) is 0.421. The van der Waals surface area contributed by atoms with E-state index in [-0.39, 0.29) is 35.9 Å². The first-order valence-corrected chi connectivity index (χ1v) is 8.93. The van der Waals surface area contributed by atoms with Crippen LogP contribution in [0.4, 0.5) is 5.69 Å². The smallest absolute Gasteiger partial charge is 0.326 e. The van der Waals surface area contributed by atoms with Crippen LogP contribution >= 0.6 is 0 Å². The Morgan fingerprint density at radius 1 is 1.11 bits per heavy atom. The van der Waals surface area contributed by atoms with Crippen molar-refractivity contribution in [1.29, 1.82) is 0 Å². The number of hydrogen-bond donors (Lipinski definition) is 2. The summed E-state index contributed by atoms with van der Waals surface area (Å²) in [5.74, 6) is -2.43. The Bertz CT molecular complexity index is 774. The van der Waals surface area contributed by atoms with Crippen LogP contribution < -0.4 is 10.6 Å². The van der Waals surface area contributed by atoms with Crippen molar-refractivity contribution in [2.24, 2.45) is 5.92 Å². The molecule has 150 valence electrons. The average Bonchev–Trinajstić information content (AvgIpc) is 2.97. The molecule has 0 spiro atoms. The topological polar surface area (TPSA) is 122 Å². The highest BCUT2D eigenvalue weighted by atomic mass is 16.5. The van der Waals surface area contributed by atoms with Gasteiger partial charge >= 0.3 is 5.97 Å². The van der Waals surface area contributed by atoms with Gasteiger partial charge in [0.25, 0.3) is 11.8 Å². The number of nitrogens with zero attached hydrogens (tertiary/aromatic N) is 1. The van der Waals surface area contributed by atoms with Crippen LogP contribution in [0.1, 0.15) is 37.0 Å². The van der Waals surface area contributed by atoms with Crippen LogP contribution in [0.25, 0.3) is 0 Å². The number of likely N-dealkylation sites (tertiary alicyclic amines) is 1. The maximum absolute atomic E-state index is 12.3. The minimum Gasteiger partial charge on any atom is -0.454 e. The molecule has 1 aliphatic heterocycles. The molecule has 1 aromatic carbocycles. The van der Waals surface area contributed by atoms with Crippen molar-refractivity contribution in [3.8, 4) is 0 Å². The number of rotatable bonds is 8. The molecule has 28 heavy (non-hydrogen) atoms. The SMILES string of the molecule is CC(C)CNC(=O)c1ccccc1NC(=O)COC(=O)CN1C(=O)CCC1=O. The zero-order chi connectivity index (χ0) is 20.7. The molecule has 9 nitrogen and oxygen atoms in total. The number of imide groups is 1. The first kappa shape index (κ1) is 21.1. The van der Waals surface area contributed by atoms with Gasteiger partial charge < -0.3 is 15.4 Å². The first-order valence-electron chi connectivity index (χ1n) is 8.93. The molecule has 4 amide bonds. The summed E-state index contributed by atoms with van der Waals surface area (Å²) in [6.45, 7) is 3.31. The van der Waals surface area contributed by atoms with Gasteiger partial charge in [-0.05, 0) is 18.1 Å². The Hall–Kier alpha value is -3.23. The standard InChI is InChI=1S/C19H23N3O6/c1-12(2)9-20-19(27)13-5-3-4-6-14(13)21-15(23)11-28-18(26)10-22-16(24)7-8-17(22)25/h3-6,12H,7-11H2,1-2H3,(H,20,27)(H,21,23). The third kappa shape index (κ3) is 5.90. The molecule has 0 saturated carbocycles. The molecule has 0 aliphatic carbocycles. The zero-order valence-corrected chi connectivity index (χ0v) is 15.8. The lowest BCUT2D eigenvalue weighted by Crippen LogP contribution is -2.36. The van der Waals surface area contributed by atoms with Gasteiger partial charge in [-0.1, -0.05) is 26.0 Å². The van der Waals surface area contributed by atoms with Gasteiger partial charge in [0.05, 0.1) is 11.3 Å². The molecule has 0 bridgehead atoms. The number of nitrogens with one attached hydrogen (secondary N) is 2. The second kappa shape index (κ2) is 9.63. The lowest BCUT2D eigenvalue weighted by atomic mass is 10.1. The van der Waals surface area contributed by atoms with E-state index >= 15 is 0 Å². The molecule has 0 radical (unpaired) electrons. The summed E-state index contributed by atoms with van der Waals surface area (Å²) in [5, 5.41) is 5.29. The highest BCUT2D eigenvalue weighted by Crippen LogP contribution is 2.15. The van der Waals surface area contributed by atoms with Crippen LogP contribution in [-0.2, 0) is 23.9 Å². The largest absolute Gasteiger partial charge is 0.454 e. The van der Waals surface area contributed by atoms with Crippen LogP contribution in [0.5, 0.6) is 0 Å². The summed E-state index contributed by atoms with van der Waals surface area (Å²) >= 11 is 0. The van der Waals surface area contributed by atoms with Crippen molar-refractivity contribution >= 4 is 35.3 Å². The van der Waals surface area contributed by atoms with E-state index in [0.29, 0.717) is 6.54 Å². The number of hydrogen-bond acceptors (Lipinski definition) is 6. The van der Waals surface area contributed by atoms with E-state index in [1.54, 1.807) is 24.3 Å². The molecule has 0 unspecified atom stereocenters. The van der Waals surface area contributed by atoms with Gasteiger partial charge in [-0.15, -0.1) is 0 Å². The molecule has 0 aromatic heterocycles. The van der Waals surface area contributed by atoms with Crippen LogP contribution in [0, 0.1) is 5.92 Å². The second-order valence-corrected chi connectivity index (χ2v) is 6.73. The Balaban J connectivity index is 1.87. The lowest BCUT2D eigenvalue weighted by Gasteiger charge is -2.14. The van der Waals surface area contributed by atoms with Crippen LogP contribution in [0.3, 0.4) is 0 Å². The molecule has 9 heteroatoms. The second-order valence-electron chi connectivity index (χ2n) is 6.73. The van der Waals surface area contributed by atoms with Crippen LogP contribution in [0.15, 0.2) is 24.3 Å². The van der Waals surface area contributed by atoms with Crippen LogP contribution in [0.2, 0.25) is 0 Å². The number of amides is 4. The van der Waals surface area contributed by atoms with Crippen molar-refractivity contribution in [1.82, 2.24) is 10.2 Å². The number of carbonyl (C=O) groups is 5. The number of carbonyl (C=O) groups excluding carboxylic acids is 5. The number of para-hydroxylation sites is 1. The molecule has 1 heterocycles. The van der Waals surface area contributed by atoms with E-state index in [2.05, 4.69) is 10.6 Å². The highest BCUT2D eigenvalue weighted by molar-refractivity contribution is 6.05. The summed E-state index contributed by atoms with van der Waals surface area (Å²) in [5.41, 5.74) is 0.575. The lowest BCUT2D eigenvalue weighted by molar-refractivity contribution is -0.153. The van der Waals surface area contributed by atoms with Gasteiger partial charge in [-0.2, -0.15) is 0 Å². The fourth-order valence-corrected chi connectivity index (χ4v) is 2.49. The van der Waals surface area contributed by atoms with E-state index in [4.69, 9.17) is 4.74 Å². The number of anilines is 1. The van der Waals surface area contributed by atoms with Gasteiger partial charge in [-0.3, -0.25) is 28.9 Å². The predicted octanol–water partition coefficient (Wildman–Crippen LogP) is 0.703. The Labute approximate surface area is 162 Å². The monoisotopic (exact) mass is 389 g/mol. The minimum absolute atomic E-state index is 0.0717. The molecule has 0 atom stereocenters. The number of benzene rings is 1. The number of esters is 1. The Morgan fingerprint density at radius 3 is 2.39 bits per heavy atom. The van der Waals surface area contributed by atoms with Gasteiger partial charge in [0.2, 0.25) is 11.8 Å². The molecule has 1 aliphatic rings. The molecule has 1 fully saturated rings. The molecular formula is C19H23N3O6. The predicted molar refractivity (Wildman–Crippen MR) is 99.2 cm³/mol. The van der Waals surface area contributed by atoms with Gasteiger partial charge in [0.15, 0.2) is 6.61 Å². The summed E-state index contributed by atoms with van der Waals surface area (Å²) in [7, 11) is 0. The van der Waals surface area contributed by atoms with Crippen molar-refractivity contribution in [2.75, 3.05) is 25.0 Å². The quantitative estimate of drug-likeness (QED) is 0.499. The van der Waals surface area contributed by atoms with Crippen LogP contribution in [-0.4, -0.2) is 54.2 Å².